The van der Waals surface area contributed by atoms with Crippen LogP contribution in [-0.4, -0.2) is 21.0 Å². The summed E-state index contributed by atoms with van der Waals surface area (Å²) in [6, 6.07) is 0.616. The smallest absolute Gasteiger partial charge is 0.124 e. The van der Waals surface area contributed by atoms with Crippen LogP contribution in [0.2, 0.25) is 0 Å². The molecule has 1 aromatic rings. The van der Waals surface area contributed by atoms with Crippen LogP contribution in [0.25, 0.3) is 0 Å². The van der Waals surface area contributed by atoms with Crippen molar-refractivity contribution in [2.45, 2.75) is 18.9 Å². The van der Waals surface area contributed by atoms with Gasteiger partial charge in [-0.25, -0.2) is 4.98 Å². The van der Waals surface area contributed by atoms with E-state index < -0.39 is 0 Å². The number of aromatic nitrogens is 2. The van der Waals surface area contributed by atoms with E-state index in [1.165, 1.54) is 12.8 Å². The monoisotopic (exact) mass is 167 g/mol. The second-order valence-electron chi connectivity index (χ2n) is 2.71. The van der Waals surface area contributed by atoms with Crippen LogP contribution in [0.5, 0.6) is 0 Å². The second-order valence-corrected chi connectivity index (χ2v) is 3.12. The van der Waals surface area contributed by atoms with E-state index in [4.69, 9.17) is 12.2 Å². The lowest BCUT2D eigenvalue weighted by atomic mass is 10.4. The summed E-state index contributed by atoms with van der Waals surface area (Å²) in [5.74, 6) is 0. The van der Waals surface area contributed by atoms with Crippen molar-refractivity contribution >= 4 is 17.2 Å². The predicted molar refractivity (Wildman–Crippen MR) is 46.4 cm³/mol. The van der Waals surface area contributed by atoms with Gasteiger partial charge >= 0.3 is 0 Å². The van der Waals surface area contributed by atoms with E-state index >= 15 is 0 Å². The number of thiocarbonyl (C=S) groups is 1. The molecule has 0 saturated heterocycles. The van der Waals surface area contributed by atoms with Gasteiger partial charge in [-0.05, 0) is 12.8 Å². The first-order valence-electron chi connectivity index (χ1n) is 3.65. The molecule has 0 atom stereocenters. The zero-order valence-corrected chi connectivity index (χ0v) is 6.82. The van der Waals surface area contributed by atoms with Crippen molar-refractivity contribution in [2.24, 2.45) is 0 Å². The van der Waals surface area contributed by atoms with Gasteiger partial charge in [0.1, 0.15) is 4.99 Å². The van der Waals surface area contributed by atoms with Crippen molar-refractivity contribution in [1.29, 1.82) is 0 Å². The first-order chi connectivity index (χ1) is 5.36. The summed E-state index contributed by atoms with van der Waals surface area (Å²) >= 11 is 5.11. The molecule has 1 aliphatic rings. The van der Waals surface area contributed by atoms with Gasteiger partial charge in [0.25, 0.3) is 0 Å². The summed E-state index contributed by atoms with van der Waals surface area (Å²) in [6.07, 6.45) is 5.86. The number of aromatic amines is 1. The molecule has 0 radical (unpaired) electrons. The van der Waals surface area contributed by atoms with Crippen LogP contribution in [0, 0.1) is 0 Å². The molecule has 0 bridgehead atoms. The number of imidazole rings is 1. The Hall–Kier alpha value is -0.900. The third-order valence-corrected chi connectivity index (χ3v) is 1.99. The zero-order chi connectivity index (χ0) is 7.68. The molecule has 4 heteroatoms. The van der Waals surface area contributed by atoms with E-state index in [-0.39, 0.29) is 0 Å². The highest BCUT2D eigenvalue weighted by molar-refractivity contribution is 7.80. The van der Waals surface area contributed by atoms with Gasteiger partial charge in [0.15, 0.2) is 0 Å². The van der Waals surface area contributed by atoms with E-state index in [0.29, 0.717) is 6.04 Å². The summed E-state index contributed by atoms with van der Waals surface area (Å²) in [5.41, 5.74) is 0.909. The molecule has 1 heterocycles. The largest absolute Gasteiger partial charge is 0.372 e. The van der Waals surface area contributed by atoms with Gasteiger partial charge in [-0.15, -0.1) is 0 Å². The molecule has 0 spiro atoms. The highest BCUT2D eigenvalue weighted by Crippen LogP contribution is 2.19. The fourth-order valence-electron chi connectivity index (χ4n) is 0.871. The van der Waals surface area contributed by atoms with E-state index in [1.807, 2.05) is 0 Å². The van der Waals surface area contributed by atoms with Gasteiger partial charge in [-0.1, -0.05) is 12.2 Å². The second kappa shape index (κ2) is 2.62. The van der Waals surface area contributed by atoms with Gasteiger partial charge in [0, 0.05) is 6.04 Å². The molecular formula is C7H9N3S. The molecule has 1 fully saturated rings. The SMILES string of the molecule is S=C(NC1CC1)c1cnc[nH]1. The molecule has 1 aliphatic carbocycles. The van der Waals surface area contributed by atoms with Crippen molar-refractivity contribution in [2.75, 3.05) is 0 Å². The Kier molecular flexibility index (Phi) is 1.62. The summed E-state index contributed by atoms with van der Waals surface area (Å²) in [5, 5.41) is 3.22. The third-order valence-electron chi connectivity index (χ3n) is 1.66. The molecule has 1 saturated carbocycles. The number of nitrogens with zero attached hydrogens (tertiary/aromatic N) is 1. The number of rotatable bonds is 2. The average Bonchev–Trinajstić information content (AvgIpc) is 2.67. The standard InChI is InChI=1S/C7H9N3S/c11-7(10-5-1-2-5)6-3-8-4-9-6/h3-5H,1-2H2,(H,8,9)(H,10,11). The lowest BCUT2D eigenvalue weighted by molar-refractivity contribution is 0.919. The lowest BCUT2D eigenvalue weighted by Crippen LogP contribution is -2.24. The average molecular weight is 167 g/mol. The fourth-order valence-corrected chi connectivity index (χ4v) is 1.15. The van der Waals surface area contributed by atoms with Gasteiger partial charge in [0.05, 0.1) is 18.2 Å². The van der Waals surface area contributed by atoms with Gasteiger partial charge in [-0.2, -0.15) is 0 Å². The van der Waals surface area contributed by atoms with Crippen LogP contribution in [0.3, 0.4) is 0 Å². The van der Waals surface area contributed by atoms with Crippen LogP contribution in [0.15, 0.2) is 12.5 Å². The molecule has 11 heavy (non-hydrogen) atoms. The molecule has 0 aromatic carbocycles. The molecule has 2 rings (SSSR count). The van der Waals surface area contributed by atoms with Crippen LogP contribution in [-0.2, 0) is 0 Å². The van der Waals surface area contributed by atoms with Crippen LogP contribution < -0.4 is 5.32 Å². The minimum absolute atomic E-state index is 0.616. The molecule has 0 unspecified atom stereocenters. The molecule has 2 N–H and O–H groups in total. The van der Waals surface area contributed by atoms with Crippen molar-refractivity contribution < 1.29 is 0 Å². The maximum atomic E-state index is 5.11. The number of nitrogens with one attached hydrogen (secondary N) is 2. The van der Waals surface area contributed by atoms with Crippen molar-refractivity contribution in [3.8, 4) is 0 Å². The lowest BCUT2D eigenvalue weighted by Gasteiger charge is -2.01. The highest BCUT2D eigenvalue weighted by Gasteiger charge is 2.22. The molecule has 58 valence electrons. The van der Waals surface area contributed by atoms with Crippen LogP contribution in [0.4, 0.5) is 0 Å². The first-order valence-corrected chi connectivity index (χ1v) is 4.06. The fraction of sp³-hybridized carbons (Fsp3) is 0.429. The molecular weight excluding hydrogens is 158 g/mol. The third kappa shape index (κ3) is 1.57. The Bertz CT molecular complexity index is 251. The Balaban J connectivity index is 1.99. The normalized spacial score (nSPS) is 16.4. The van der Waals surface area contributed by atoms with Gasteiger partial charge in [-0.3, -0.25) is 0 Å². The van der Waals surface area contributed by atoms with Crippen molar-refractivity contribution in [1.82, 2.24) is 15.3 Å². The van der Waals surface area contributed by atoms with E-state index in [1.54, 1.807) is 12.5 Å². The Labute approximate surface area is 70.2 Å². The maximum Gasteiger partial charge on any atom is 0.124 e. The van der Waals surface area contributed by atoms with Crippen molar-refractivity contribution in [3.63, 3.8) is 0 Å². The molecule has 1 aromatic heterocycles. The summed E-state index contributed by atoms with van der Waals surface area (Å²) < 4.78 is 0. The van der Waals surface area contributed by atoms with E-state index in [9.17, 15) is 0 Å². The minimum atomic E-state index is 0.616. The summed E-state index contributed by atoms with van der Waals surface area (Å²) in [6.45, 7) is 0. The predicted octanol–water partition coefficient (Wildman–Crippen LogP) is 0.837. The van der Waals surface area contributed by atoms with E-state index in [2.05, 4.69) is 15.3 Å². The summed E-state index contributed by atoms with van der Waals surface area (Å²) in [7, 11) is 0. The Morgan fingerprint density at radius 3 is 3.09 bits per heavy atom. The topological polar surface area (TPSA) is 40.7 Å². The quantitative estimate of drug-likeness (QED) is 0.641. The molecule has 0 aliphatic heterocycles. The van der Waals surface area contributed by atoms with Crippen LogP contribution >= 0.6 is 12.2 Å². The van der Waals surface area contributed by atoms with Crippen molar-refractivity contribution in [3.05, 3.63) is 18.2 Å². The number of H-pyrrole nitrogens is 1. The molecule has 0 amide bonds. The highest BCUT2D eigenvalue weighted by atomic mass is 32.1. The Morgan fingerprint density at radius 1 is 1.73 bits per heavy atom. The molecule has 3 nitrogen and oxygen atoms in total. The number of hydrogen-bond donors (Lipinski definition) is 2. The van der Waals surface area contributed by atoms with E-state index in [0.717, 1.165) is 10.7 Å². The Morgan fingerprint density at radius 2 is 2.55 bits per heavy atom. The number of hydrogen-bond acceptors (Lipinski definition) is 2. The first kappa shape index (κ1) is 6.79. The maximum absolute atomic E-state index is 5.11. The van der Waals surface area contributed by atoms with Crippen LogP contribution in [0.1, 0.15) is 18.5 Å². The zero-order valence-electron chi connectivity index (χ0n) is 6.00. The van der Waals surface area contributed by atoms with Gasteiger partial charge < -0.3 is 10.3 Å². The minimum Gasteiger partial charge on any atom is -0.372 e. The summed E-state index contributed by atoms with van der Waals surface area (Å²) in [4.78, 5) is 7.63. The van der Waals surface area contributed by atoms with Gasteiger partial charge in [0.2, 0.25) is 0 Å².